The third-order valence-electron chi connectivity index (χ3n) is 2.94. The van der Waals surface area contributed by atoms with Crippen LogP contribution in [-0.4, -0.2) is 18.8 Å². The highest BCUT2D eigenvalue weighted by Crippen LogP contribution is 2.17. The molecule has 0 amide bonds. The van der Waals surface area contributed by atoms with Crippen LogP contribution in [0.4, 0.5) is 4.39 Å². The van der Waals surface area contributed by atoms with Gasteiger partial charge in [-0.2, -0.15) is 0 Å². The summed E-state index contributed by atoms with van der Waals surface area (Å²) in [7, 11) is 0. The molecule has 0 radical (unpaired) electrons. The highest BCUT2D eigenvalue weighted by atomic mass is 35.5. The first-order valence-electron chi connectivity index (χ1n) is 5.46. The summed E-state index contributed by atoms with van der Waals surface area (Å²) in [6, 6.07) is 4.92. The Balaban J connectivity index is 1.96. The van der Waals surface area contributed by atoms with E-state index >= 15 is 0 Å². The van der Waals surface area contributed by atoms with Gasteiger partial charge in [-0.15, -0.1) is 0 Å². The van der Waals surface area contributed by atoms with Crippen molar-refractivity contribution in [2.24, 2.45) is 0 Å². The van der Waals surface area contributed by atoms with Gasteiger partial charge in [-0.25, -0.2) is 4.39 Å². The first kappa shape index (κ1) is 11.8. The molecule has 0 aliphatic carbocycles. The number of benzene rings is 1. The van der Waals surface area contributed by atoms with Gasteiger partial charge in [0.1, 0.15) is 5.82 Å². The normalized spacial score (nSPS) is 24.9. The van der Waals surface area contributed by atoms with Crippen LogP contribution in [-0.2, 0) is 11.3 Å². The Hall–Kier alpha value is -0.640. The zero-order chi connectivity index (χ0) is 11.5. The first-order valence-corrected chi connectivity index (χ1v) is 5.83. The van der Waals surface area contributed by atoms with Gasteiger partial charge in [0, 0.05) is 29.8 Å². The smallest absolute Gasteiger partial charge is 0.127 e. The fraction of sp³-hybridized carbons (Fsp3) is 0.500. The molecule has 16 heavy (non-hydrogen) atoms. The topological polar surface area (TPSA) is 21.3 Å². The van der Waals surface area contributed by atoms with Crippen molar-refractivity contribution in [3.8, 4) is 0 Å². The van der Waals surface area contributed by atoms with Crippen molar-refractivity contribution in [2.45, 2.75) is 32.0 Å². The summed E-state index contributed by atoms with van der Waals surface area (Å²) in [6.07, 6.45) is 1.17. The predicted octanol–water partition coefficient (Wildman–Crippen LogP) is 2.75. The standard InChI is InChI=1S/C12H15ClFNO/c1-8-12(4-5-16-8)15-7-9-6-10(13)2-3-11(9)14/h2-3,6,8,12,15H,4-5,7H2,1H3. The molecule has 1 heterocycles. The van der Waals surface area contributed by atoms with E-state index in [1.165, 1.54) is 6.07 Å². The molecule has 1 saturated heterocycles. The fourth-order valence-electron chi connectivity index (χ4n) is 1.92. The van der Waals surface area contributed by atoms with Crippen LogP contribution >= 0.6 is 11.6 Å². The molecule has 1 fully saturated rings. The maximum atomic E-state index is 13.4. The number of halogens is 2. The molecule has 2 rings (SSSR count). The van der Waals surface area contributed by atoms with Crippen molar-refractivity contribution in [3.05, 3.63) is 34.6 Å². The second kappa shape index (κ2) is 5.13. The molecule has 1 aliphatic rings. The minimum absolute atomic E-state index is 0.197. The van der Waals surface area contributed by atoms with Gasteiger partial charge in [0.05, 0.1) is 6.10 Å². The van der Waals surface area contributed by atoms with Crippen LogP contribution in [0.3, 0.4) is 0 Å². The molecule has 2 unspecified atom stereocenters. The average Bonchev–Trinajstić information content (AvgIpc) is 2.66. The van der Waals surface area contributed by atoms with Crippen LogP contribution in [0.25, 0.3) is 0 Å². The van der Waals surface area contributed by atoms with E-state index < -0.39 is 0 Å². The summed E-state index contributed by atoms with van der Waals surface area (Å²) in [4.78, 5) is 0. The monoisotopic (exact) mass is 243 g/mol. The molecule has 0 spiro atoms. The third kappa shape index (κ3) is 2.73. The summed E-state index contributed by atoms with van der Waals surface area (Å²) >= 11 is 5.82. The maximum Gasteiger partial charge on any atom is 0.127 e. The lowest BCUT2D eigenvalue weighted by molar-refractivity contribution is 0.113. The number of hydrogen-bond acceptors (Lipinski definition) is 2. The molecule has 1 aromatic rings. The van der Waals surface area contributed by atoms with Crippen molar-refractivity contribution in [3.63, 3.8) is 0 Å². The summed E-state index contributed by atoms with van der Waals surface area (Å²) in [6.45, 7) is 3.29. The average molecular weight is 244 g/mol. The van der Waals surface area contributed by atoms with E-state index in [4.69, 9.17) is 16.3 Å². The second-order valence-corrected chi connectivity index (χ2v) is 4.52. The summed E-state index contributed by atoms with van der Waals surface area (Å²) < 4.78 is 18.8. The summed E-state index contributed by atoms with van der Waals surface area (Å²) in [5.41, 5.74) is 0.603. The Morgan fingerprint density at radius 1 is 1.56 bits per heavy atom. The lowest BCUT2D eigenvalue weighted by Gasteiger charge is -2.16. The van der Waals surface area contributed by atoms with Crippen LogP contribution in [0.1, 0.15) is 18.9 Å². The number of rotatable bonds is 3. The molecule has 0 bridgehead atoms. The number of ether oxygens (including phenoxy) is 1. The van der Waals surface area contributed by atoms with E-state index in [0.717, 1.165) is 13.0 Å². The second-order valence-electron chi connectivity index (χ2n) is 4.09. The molecule has 0 aromatic heterocycles. The van der Waals surface area contributed by atoms with Crippen molar-refractivity contribution in [1.82, 2.24) is 5.32 Å². The van der Waals surface area contributed by atoms with Gasteiger partial charge in [0.25, 0.3) is 0 Å². The van der Waals surface area contributed by atoms with Gasteiger partial charge in [0.15, 0.2) is 0 Å². The van der Waals surface area contributed by atoms with Gasteiger partial charge in [0.2, 0.25) is 0 Å². The van der Waals surface area contributed by atoms with Crippen LogP contribution in [0.15, 0.2) is 18.2 Å². The Kier molecular flexibility index (Phi) is 3.79. The Labute approximate surface area is 99.7 Å². The highest BCUT2D eigenvalue weighted by molar-refractivity contribution is 6.30. The van der Waals surface area contributed by atoms with Crippen LogP contribution in [0.2, 0.25) is 5.02 Å². The molecule has 2 atom stereocenters. The first-order chi connectivity index (χ1) is 7.66. The highest BCUT2D eigenvalue weighted by Gasteiger charge is 2.23. The predicted molar refractivity (Wildman–Crippen MR) is 62.1 cm³/mol. The molecular formula is C12H15ClFNO. The molecule has 1 aliphatic heterocycles. The molecular weight excluding hydrogens is 229 g/mol. The lowest BCUT2D eigenvalue weighted by atomic mass is 10.1. The SMILES string of the molecule is CC1OCCC1NCc1cc(Cl)ccc1F. The molecule has 2 nitrogen and oxygen atoms in total. The Morgan fingerprint density at radius 3 is 3.06 bits per heavy atom. The fourth-order valence-corrected chi connectivity index (χ4v) is 2.11. The quantitative estimate of drug-likeness (QED) is 0.882. The van der Waals surface area contributed by atoms with Crippen molar-refractivity contribution < 1.29 is 9.13 Å². The van der Waals surface area contributed by atoms with Crippen molar-refractivity contribution in [1.29, 1.82) is 0 Å². The van der Waals surface area contributed by atoms with E-state index in [2.05, 4.69) is 5.32 Å². The minimum Gasteiger partial charge on any atom is -0.377 e. The number of hydrogen-bond donors (Lipinski definition) is 1. The van der Waals surface area contributed by atoms with Crippen LogP contribution in [0.5, 0.6) is 0 Å². The summed E-state index contributed by atoms with van der Waals surface area (Å²) in [5, 5.41) is 3.86. The summed E-state index contributed by atoms with van der Waals surface area (Å²) in [5.74, 6) is -0.219. The lowest BCUT2D eigenvalue weighted by Crippen LogP contribution is -2.34. The number of nitrogens with one attached hydrogen (secondary N) is 1. The van der Waals surface area contributed by atoms with E-state index in [-0.39, 0.29) is 11.9 Å². The van der Waals surface area contributed by atoms with Gasteiger partial charge in [-0.05, 0) is 31.5 Å². The third-order valence-corrected chi connectivity index (χ3v) is 3.17. The largest absolute Gasteiger partial charge is 0.377 e. The van der Waals surface area contributed by atoms with Gasteiger partial charge in [-0.3, -0.25) is 0 Å². The van der Waals surface area contributed by atoms with Gasteiger partial charge in [-0.1, -0.05) is 11.6 Å². The van der Waals surface area contributed by atoms with Crippen molar-refractivity contribution >= 4 is 11.6 Å². The van der Waals surface area contributed by atoms with E-state index in [0.29, 0.717) is 23.2 Å². The molecule has 88 valence electrons. The molecule has 1 N–H and O–H groups in total. The van der Waals surface area contributed by atoms with Gasteiger partial charge < -0.3 is 10.1 Å². The minimum atomic E-state index is -0.219. The van der Waals surface area contributed by atoms with Crippen LogP contribution < -0.4 is 5.32 Å². The molecule has 1 aromatic carbocycles. The molecule has 0 saturated carbocycles. The van der Waals surface area contributed by atoms with E-state index in [9.17, 15) is 4.39 Å². The maximum absolute atomic E-state index is 13.4. The van der Waals surface area contributed by atoms with E-state index in [1.807, 2.05) is 6.92 Å². The van der Waals surface area contributed by atoms with E-state index in [1.54, 1.807) is 12.1 Å². The van der Waals surface area contributed by atoms with Crippen LogP contribution in [0, 0.1) is 5.82 Å². The molecule has 4 heteroatoms. The zero-order valence-electron chi connectivity index (χ0n) is 9.17. The van der Waals surface area contributed by atoms with Gasteiger partial charge >= 0.3 is 0 Å². The Morgan fingerprint density at radius 2 is 2.38 bits per heavy atom. The zero-order valence-corrected chi connectivity index (χ0v) is 9.93. The Bertz CT molecular complexity index is 372. The van der Waals surface area contributed by atoms with Crippen molar-refractivity contribution in [2.75, 3.05) is 6.61 Å².